The Morgan fingerprint density at radius 2 is 1.28 bits per heavy atom. The Morgan fingerprint density at radius 1 is 0.781 bits per heavy atom. The van der Waals surface area contributed by atoms with E-state index in [1.165, 1.54) is 24.3 Å². The SMILES string of the molecule is [N-]=C=c1ccc(=CC=c2ccc(=CC=c3ccc(=C=[N-])cc3[N+](=O)[O-])cc2)c(N(O)O)c1. The van der Waals surface area contributed by atoms with Crippen molar-refractivity contribution in [2.45, 2.75) is 0 Å². The zero-order valence-corrected chi connectivity index (χ0v) is 16.6. The van der Waals surface area contributed by atoms with Gasteiger partial charge in [-0.15, -0.1) is 5.23 Å². The molecule has 2 N–H and O–H groups in total. The number of nitro benzene ring substituents is 1. The highest BCUT2D eigenvalue weighted by molar-refractivity contribution is 5.67. The van der Waals surface area contributed by atoms with Crippen molar-refractivity contribution in [3.63, 3.8) is 0 Å². The van der Waals surface area contributed by atoms with Gasteiger partial charge in [0.15, 0.2) is 0 Å². The van der Waals surface area contributed by atoms with Crippen LogP contribution < -0.4 is 36.5 Å². The molecule has 3 aromatic carbocycles. The summed E-state index contributed by atoms with van der Waals surface area (Å²) in [6.07, 6.45) is 6.80. The molecule has 8 nitrogen and oxygen atoms in total. The van der Waals surface area contributed by atoms with E-state index < -0.39 is 4.92 Å². The number of hydrogen-bond acceptors (Lipinski definition) is 5. The summed E-state index contributed by atoms with van der Waals surface area (Å²) in [5.74, 6) is 3.83. The van der Waals surface area contributed by atoms with Crippen LogP contribution in [0, 0.1) is 10.1 Å². The lowest BCUT2D eigenvalue weighted by Crippen LogP contribution is -2.23. The van der Waals surface area contributed by atoms with Crippen molar-refractivity contribution in [3.05, 3.63) is 113 Å². The lowest BCUT2D eigenvalue weighted by Gasteiger charge is -2.08. The van der Waals surface area contributed by atoms with Crippen molar-refractivity contribution in [2.75, 3.05) is 5.23 Å². The smallest absolute Gasteiger partial charge is 0.277 e. The van der Waals surface area contributed by atoms with Crippen LogP contribution in [0.25, 0.3) is 35.1 Å². The van der Waals surface area contributed by atoms with Gasteiger partial charge in [-0.3, -0.25) is 32.3 Å². The van der Waals surface area contributed by atoms with Crippen LogP contribution in [-0.4, -0.2) is 27.1 Å². The van der Waals surface area contributed by atoms with Crippen molar-refractivity contribution in [2.24, 2.45) is 0 Å². The predicted molar refractivity (Wildman–Crippen MR) is 123 cm³/mol. The standard InChI is InChI=1S/C24H16N4O4/c25-15-19-7-11-21(23(13-19)27(29)30)9-5-17-1-2-18(4-3-17)6-10-22-12-8-20(16-26)14-24(22)28(31)32/h1-14,29-30H/q-2. The van der Waals surface area contributed by atoms with Gasteiger partial charge in [-0.05, 0) is 51.2 Å². The molecule has 0 aliphatic heterocycles. The van der Waals surface area contributed by atoms with Gasteiger partial charge in [-0.2, -0.15) is 0 Å². The van der Waals surface area contributed by atoms with Crippen molar-refractivity contribution in [1.29, 1.82) is 0 Å². The Hall–Kier alpha value is -4.58. The molecule has 3 aromatic rings. The molecule has 0 saturated carbocycles. The first-order valence-corrected chi connectivity index (χ1v) is 9.28. The van der Waals surface area contributed by atoms with Gasteiger partial charge >= 0.3 is 0 Å². The van der Waals surface area contributed by atoms with E-state index in [2.05, 4.69) is 0 Å². The highest BCUT2D eigenvalue weighted by atomic mass is 16.8. The van der Waals surface area contributed by atoms with Crippen molar-refractivity contribution < 1.29 is 15.3 Å². The average molecular weight is 424 g/mol. The summed E-state index contributed by atoms with van der Waals surface area (Å²) in [7, 11) is 0. The van der Waals surface area contributed by atoms with Gasteiger partial charge in [-0.25, -0.2) is 0 Å². The Kier molecular flexibility index (Phi) is 6.88. The van der Waals surface area contributed by atoms with Crippen LogP contribution in [0.2, 0.25) is 0 Å². The predicted octanol–water partition coefficient (Wildman–Crippen LogP) is -0.477. The van der Waals surface area contributed by atoms with Crippen LogP contribution >= 0.6 is 0 Å². The zero-order valence-electron chi connectivity index (χ0n) is 16.6. The summed E-state index contributed by atoms with van der Waals surface area (Å²) < 4.78 is 0. The van der Waals surface area contributed by atoms with Crippen molar-refractivity contribution >= 4 is 47.4 Å². The second-order valence-corrected chi connectivity index (χ2v) is 6.65. The molecule has 0 unspecified atom stereocenters. The summed E-state index contributed by atoms with van der Waals surface area (Å²) in [6, 6.07) is 16.2. The Balaban J connectivity index is 2.00. The summed E-state index contributed by atoms with van der Waals surface area (Å²) in [4.78, 5) is 10.7. The number of benzene rings is 3. The molecule has 0 aromatic heterocycles. The Labute approximate surface area is 181 Å². The first-order chi connectivity index (χ1) is 15.4. The molecule has 0 atom stereocenters. The number of nitrogens with zero attached hydrogens (tertiary/aromatic N) is 4. The van der Waals surface area contributed by atoms with Gasteiger partial charge in [0.05, 0.1) is 10.1 Å². The minimum Gasteiger partial charge on any atom is -0.763 e. The third-order valence-electron chi connectivity index (χ3n) is 4.58. The van der Waals surface area contributed by atoms with Crippen LogP contribution in [0.5, 0.6) is 0 Å². The molecule has 0 bridgehead atoms. The van der Waals surface area contributed by atoms with Crippen molar-refractivity contribution in [1.82, 2.24) is 0 Å². The molecule has 0 amide bonds. The van der Waals surface area contributed by atoms with Gasteiger partial charge in [0, 0.05) is 11.3 Å². The number of nitro groups is 1. The van der Waals surface area contributed by atoms with E-state index in [4.69, 9.17) is 10.8 Å². The third kappa shape index (κ3) is 5.31. The maximum absolute atomic E-state index is 11.2. The van der Waals surface area contributed by atoms with E-state index in [0.29, 0.717) is 15.7 Å². The fourth-order valence-electron chi connectivity index (χ4n) is 2.93. The molecule has 0 aliphatic rings. The monoisotopic (exact) mass is 424 g/mol. The fourth-order valence-corrected chi connectivity index (χ4v) is 2.93. The van der Waals surface area contributed by atoms with Crippen LogP contribution in [0.1, 0.15) is 0 Å². The van der Waals surface area contributed by atoms with E-state index in [0.717, 1.165) is 10.4 Å². The Morgan fingerprint density at radius 3 is 1.78 bits per heavy atom. The number of non-ortho nitro benzene ring substituents is 1. The van der Waals surface area contributed by atoms with Gasteiger partial charge < -0.3 is 10.8 Å². The number of hydrogen-bond donors (Lipinski definition) is 2. The maximum Gasteiger partial charge on any atom is 0.277 e. The van der Waals surface area contributed by atoms with E-state index in [1.54, 1.807) is 36.4 Å². The summed E-state index contributed by atoms with van der Waals surface area (Å²) in [5.41, 5.74) is -0.0660. The molecule has 0 saturated heterocycles. The van der Waals surface area contributed by atoms with Crippen LogP contribution in [0.15, 0.2) is 60.7 Å². The molecular weight excluding hydrogens is 408 g/mol. The van der Waals surface area contributed by atoms with Gasteiger partial charge in [-0.1, -0.05) is 48.6 Å². The molecule has 158 valence electrons. The lowest BCUT2D eigenvalue weighted by atomic mass is 10.2. The molecule has 0 fully saturated rings. The highest BCUT2D eigenvalue weighted by Crippen LogP contribution is 1.99. The molecule has 0 aliphatic carbocycles. The Bertz CT molecular complexity index is 1580. The van der Waals surface area contributed by atoms with Gasteiger partial charge in [0.2, 0.25) is 0 Å². The van der Waals surface area contributed by atoms with E-state index in [-0.39, 0.29) is 21.8 Å². The van der Waals surface area contributed by atoms with E-state index >= 15 is 0 Å². The first-order valence-electron chi connectivity index (χ1n) is 9.28. The summed E-state index contributed by atoms with van der Waals surface area (Å²) in [6.45, 7) is 0. The topological polar surface area (TPSA) is 131 Å². The van der Waals surface area contributed by atoms with E-state index in [1.807, 2.05) is 36.0 Å². The second kappa shape index (κ2) is 9.95. The summed E-state index contributed by atoms with van der Waals surface area (Å²) >= 11 is 0. The van der Waals surface area contributed by atoms with Gasteiger partial charge in [0.1, 0.15) is 5.69 Å². The van der Waals surface area contributed by atoms with E-state index in [9.17, 15) is 20.5 Å². The second-order valence-electron chi connectivity index (χ2n) is 6.65. The first kappa shape index (κ1) is 22.1. The molecule has 0 radical (unpaired) electrons. The van der Waals surface area contributed by atoms with Crippen LogP contribution in [-0.2, 0) is 0 Å². The van der Waals surface area contributed by atoms with Crippen LogP contribution in [0.4, 0.5) is 11.4 Å². The molecule has 32 heavy (non-hydrogen) atoms. The largest absolute Gasteiger partial charge is 0.763 e. The minimum atomic E-state index is -0.522. The zero-order chi connectivity index (χ0) is 23.1. The average Bonchev–Trinajstić information content (AvgIpc) is 2.81. The van der Waals surface area contributed by atoms with Gasteiger partial charge in [0.25, 0.3) is 5.69 Å². The third-order valence-corrected chi connectivity index (χ3v) is 4.58. The number of anilines is 1. The van der Waals surface area contributed by atoms with Crippen molar-refractivity contribution in [3.8, 4) is 0 Å². The lowest BCUT2D eigenvalue weighted by molar-refractivity contribution is -0.385. The normalized spacial score (nSPS) is 11.4. The molecule has 0 spiro atoms. The quantitative estimate of drug-likeness (QED) is 0.332. The fraction of sp³-hybridized carbons (Fsp3) is 0. The highest BCUT2D eigenvalue weighted by Gasteiger charge is 2.05. The number of rotatable bonds is 4. The molecule has 0 heterocycles. The summed E-state index contributed by atoms with van der Waals surface area (Å²) in [5, 5.41) is 50.9. The maximum atomic E-state index is 11.2. The minimum absolute atomic E-state index is 0.0310. The molecular formula is C24H16N4O4-2. The van der Waals surface area contributed by atoms with Crippen LogP contribution in [0.3, 0.4) is 0 Å². The molecule has 8 heteroatoms. The molecule has 3 rings (SSSR count).